The highest BCUT2D eigenvalue weighted by Gasteiger charge is 2.21. The molecule has 1 aromatic rings. The Morgan fingerprint density at radius 2 is 1.95 bits per heavy atom. The zero-order valence-corrected chi connectivity index (χ0v) is 13.7. The molecule has 0 radical (unpaired) electrons. The van der Waals surface area contributed by atoms with E-state index < -0.39 is 8.07 Å². The molecule has 1 fully saturated rings. The number of hydrogen-bond donors (Lipinski definition) is 0. The van der Waals surface area contributed by atoms with Crippen molar-refractivity contribution in [2.24, 2.45) is 0 Å². The molecule has 0 spiro atoms. The fourth-order valence-electron chi connectivity index (χ4n) is 2.08. The van der Waals surface area contributed by atoms with Crippen LogP contribution in [0.5, 0.6) is 0 Å². The van der Waals surface area contributed by atoms with Gasteiger partial charge in [0.2, 0.25) is 0 Å². The summed E-state index contributed by atoms with van der Waals surface area (Å²) in [5.41, 5.74) is 4.58. The van der Waals surface area contributed by atoms with E-state index in [1.54, 1.807) is 0 Å². The largest absolute Gasteiger partial charge is 0.348 e. The van der Waals surface area contributed by atoms with E-state index >= 15 is 0 Å². The van der Waals surface area contributed by atoms with Gasteiger partial charge < -0.3 is 9.47 Å². The zero-order chi connectivity index (χ0) is 14.4. The lowest BCUT2D eigenvalue weighted by Crippen LogP contribution is -2.29. The van der Waals surface area contributed by atoms with Gasteiger partial charge in [-0.1, -0.05) is 55.9 Å². The van der Waals surface area contributed by atoms with Crippen LogP contribution in [0.1, 0.15) is 24.8 Å². The number of ether oxygens (including phenoxy) is 2. The second kappa shape index (κ2) is 7.08. The van der Waals surface area contributed by atoms with Gasteiger partial charge in [0.25, 0.3) is 0 Å². The smallest absolute Gasteiger partial charge is 0.159 e. The molecule has 0 aliphatic carbocycles. The molecule has 0 saturated carbocycles. The van der Waals surface area contributed by atoms with E-state index in [4.69, 9.17) is 9.47 Å². The summed E-state index contributed by atoms with van der Waals surface area (Å²) >= 11 is 0. The summed E-state index contributed by atoms with van der Waals surface area (Å²) in [6.45, 7) is 7.38. The highest BCUT2D eigenvalue weighted by atomic mass is 28.3. The topological polar surface area (TPSA) is 18.5 Å². The number of benzene rings is 1. The van der Waals surface area contributed by atoms with Gasteiger partial charge in [-0.25, -0.2) is 0 Å². The van der Waals surface area contributed by atoms with E-state index in [0.717, 1.165) is 19.3 Å². The summed E-state index contributed by atoms with van der Waals surface area (Å²) in [5.74, 6) is 3.30. The molecule has 1 aromatic carbocycles. The fraction of sp³-hybridized carbons (Fsp3) is 0.529. The Labute approximate surface area is 123 Å². The van der Waals surface area contributed by atoms with Crippen LogP contribution in [-0.4, -0.2) is 20.5 Å². The molecule has 2 rings (SSSR count). The molecule has 1 aliphatic rings. The van der Waals surface area contributed by atoms with Crippen molar-refractivity contribution in [3.05, 3.63) is 35.9 Å². The van der Waals surface area contributed by atoms with E-state index in [1.165, 1.54) is 5.56 Å². The summed E-state index contributed by atoms with van der Waals surface area (Å²) < 4.78 is 11.8. The SMILES string of the molecule is C[Si](C)(C)C#CC1CCCC(OCc2ccccc2)O1. The molecule has 1 heterocycles. The van der Waals surface area contributed by atoms with E-state index in [2.05, 4.69) is 43.2 Å². The lowest BCUT2D eigenvalue weighted by molar-refractivity contribution is -0.185. The molecule has 0 bridgehead atoms. The van der Waals surface area contributed by atoms with Gasteiger partial charge in [0, 0.05) is 0 Å². The van der Waals surface area contributed by atoms with Gasteiger partial charge in [0.05, 0.1) is 6.61 Å². The van der Waals surface area contributed by atoms with Crippen molar-refractivity contribution in [3.63, 3.8) is 0 Å². The van der Waals surface area contributed by atoms with Gasteiger partial charge in [-0.05, 0) is 24.8 Å². The third-order valence-corrected chi connectivity index (χ3v) is 4.00. The predicted molar refractivity (Wildman–Crippen MR) is 84.9 cm³/mol. The first kappa shape index (κ1) is 15.3. The summed E-state index contributed by atoms with van der Waals surface area (Å²) in [7, 11) is -1.32. The molecule has 1 aliphatic heterocycles. The summed E-state index contributed by atoms with van der Waals surface area (Å²) in [6.07, 6.45) is 3.08. The van der Waals surface area contributed by atoms with Crippen LogP contribution in [0.4, 0.5) is 0 Å². The minimum absolute atomic E-state index is 0.0521. The maximum Gasteiger partial charge on any atom is 0.159 e. The molecule has 2 atom stereocenters. The van der Waals surface area contributed by atoms with Crippen LogP contribution in [0.2, 0.25) is 19.6 Å². The normalized spacial score (nSPS) is 22.9. The molecule has 0 N–H and O–H groups in total. The van der Waals surface area contributed by atoms with Crippen molar-refractivity contribution in [2.75, 3.05) is 0 Å². The van der Waals surface area contributed by atoms with E-state index in [1.807, 2.05) is 18.2 Å². The van der Waals surface area contributed by atoms with Crippen molar-refractivity contribution in [2.45, 2.75) is 57.9 Å². The van der Waals surface area contributed by atoms with Crippen LogP contribution in [-0.2, 0) is 16.1 Å². The minimum Gasteiger partial charge on any atom is -0.348 e. The molecular weight excluding hydrogens is 264 g/mol. The average molecular weight is 288 g/mol. The number of rotatable bonds is 3. The van der Waals surface area contributed by atoms with Crippen molar-refractivity contribution < 1.29 is 9.47 Å². The van der Waals surface area contributed by atoms with Gasteiger partial charge in [-0.3, -0.25) is 0 Å². The first-order valence-electron chi connectivity index (χ1n) is 7.37. The first-order valence-corrected chi connectivity index (χ1v) is 10.9. The maximum absolute atomic E-state index is 5.93. The van der Waals surface area contributed by atoms with Gasteiger partial charge >= 0.3 is 0 Å². The summed E-state index contributed by atoms with van der Waals surface area (Å²) in [6, 6.07) is 10.2. The molecule has 0 amide bonds. The molecule has 3 heteroatoms. The highest BCUT2D eigenvalue weighted by Crippen LogP contribution is 2.20. The van der Waals surface area contributed by atoms with Crippen molar-refractivity contribution in [1.29, 1.82) is 0 Å². The van der Waals surface area contributed by atoms with E-state index in [-0.39, 0.29) is 12.4 Å². The second-order valence-corrected chi connectivity index (χ2v) is 11.1. The van der Waals surface area contributed by atoms with Crippen LogP contribution < -0.4 is 0 Å². The molecule has 108 valence electrons. The van der Waals surface area contributed by atoms with E-state index in [9.17, 15) is 0 Å². The molecule has 1 saturated heterocycles. The van der Waals surface area contributed by atoms with Crippen LogP contribution >= 0.6 is 0 Å². The van der Waals surface area contributed by atoms with Gasteiger partial charge in [-0.2, -0.15) is 0 Å². The Hall–Kier alpha value is -1.08. The Morgan fingerprint density at radius 1 is 1.20 bits per heavy atom. The predicted octanol–water partition coefficient (Wildman–Crippen LogP) is 3.98. The average Bonchev–Trinajstić information content (AvgIpc) is 2.44. The minimum atomic E-state index is -1.32. The zero-order valence-electron chi connectivity index (χ0n) is 12.7. The second-order valence-electron chi connectivity index (χ2n) is 6.30. The quantitative estimate of drug-likeness (QED) is 0.619. The lowest BCUT2D eigenvalue weighted by atomic mass is 10.1. The van der Waals surface area contributed by atoms with Crippen LogP contribution in [0.3, 0.4) is 0 Å². The standard InChI is InChI=1S/C17H24O2Si/c1-20(2,3)13-12-16-10-7-11-17(19-16)18-14-15-8-5-4-6-9-15/h4-6,8-9,16-17H,7,10-11,14H2,1-3H3. The molecule has 20 heavy (non-hydrogen) atoms. The Kier molecular flexibility index (Phi) is 5.42. The Balaban J connectivity index is 1.83. The van der Waals surface area contributed by atoms with Crippen LogP contribution in [0.15, 0.2) is 30.3 Å². The molecule has 2 unspecified atom stereocenters. The fourth-order valence-corrected chi connectivity index (χ4v) is 2.67. The van der Waals surface area contributed by atoms with Crippen molar-refractivity contribution in [3.8, 4) is 11.5 Å². The molecule has 2 nitrogen and oxygen atoms in total. The van der Waals surface area contributed by atoms with Crippen LogP contribution in [0.25, 0.3) is 0 Å². The van der Waals surface area contributed by atoms with E-state index in [0.29, 0.717) is 6.61 Å². The number of hydrogen-bond acceptors (Lipinski definition) is 2. The first-order chi connectivity index (χ1) is 9.53. The monoisotopic (exact) mass is 288 g/mol. The summed E-state index contributed by atoms with van der Waals surface area (Å²) in [5, 5.41) is 0. The van der Waals surface area contributed by atoms with Gasteiger partial charge in [0.15, 0.2) is 6.29 Å². The third-order valence-electron chi connectivity index (χ3n) is 3.11. The Bertz CT molecular complexity index is 467. The highest BCUT2D eigenvalue weighted by molar-refractivity contribution is 6.83. The summed E-state index contributed by atoms with van der Waals surface area (Å²) in [4.78, 5) is 0. The van der Waals surface area contributed by atoms with Crippen molar-refractivity contribution >= 4 is 8.07 Å². The lowest BCUT2D eigenvalue weighted by Gasteiger charge is -2.27. The maximum atomic E-state index is 5.93. The van der Waals surface area contributed by atoms with Gasteiger partial charge in [0.1, 0.15) is 14.2 Å². The molecule has 0 aromatic heterocycles. The third kappa shape index (κ3) is 5.50. The van der Waals surface area contributed by atoms with Gasteiger partial charge in [-0.15, -0.1) is 5.54 Å². The Morgan fingerprint density at radius 3 is 2.65 bits per heavy atom. The van der Waals surface area contributed by atoms with Crippen molar-refractivity contribution in [1.82, 2.24) is 0 Å². The van der Waals surface area contributed by atoms with Crippen LogP contribution in [0, 0.1) is 11.5 Å². The molecular formula is C17H24O2Si.